The van der Waals surface area contributed by atoms with E-state index in [0.29, 0.717) is 26.2 Å². The summed E-state index contributed by atoms with van der Waals surface area (Å²) in [5, 5.41) is 2.87. The number of rotatable bonds is 3. The molecule has 2 aromatic rings. The van der Waals surface area contributed by atoms with Crippen molar-refractivity contribution in [3.8, 4) is 0 Å². The molecular formula is C15H18N6O2. The number of aromatic nitrogens is 4. The lowest BCUT2D eigenvalue weighted by Gasteiger charge is -2.22. The number of nitrogens with one attached hydrogen (secondary N) is 1. The Hall–Kier alpha value is -2.77. The lowest BCUT2D eigenvalue weighted by Crippen LogP contribution is -2.38. The highest BCUT2D eigenvalue weighted by molar-refractivity contribution is 5.91. The number of hydrogen-bond donors (Lipinski definition) is 1. The minimum Gasteiger partial charge on any atom is -0.350 e. The van der Waals surface area contributed by atoms with Crippen molar-refractivity contribution in [1.29, 1.82) is 0 Å². The normalized spacial score (nSPS) is 17.3. The minimum absolute atomic E-state index is 0.00621. The third kappa shape index (κ3) is 3.53. The van der Waals surface area contributed by atoms with Gasteiger partial charge in [0.25, 0.3) is 5.91 Å². The van der Waals surface area contributed by atoms with Gasteiger partial charge in [0.1, 0.15) is 11.5 Å². The van der Waals surface area contributed by atoms with Crippen LogP contribution in [0.1, 0.15) is 23.2 Å². The van der Waals surface area contributed by atoms with Crippen LogP contribution in [0.4, 0.5) is 0 Å². The molecule has 0 aliphatic carbocycles. The number of fused-ring (bicyclic) bond motifs is 1. The van der Waals surface area contributed by atoms with Crippen LogP contribution in [-0.4, -0.2) is 49.3 Å². The minimum atomic E-state index is -0.262. The fraction of sp³-hybridized carbons (Fsp3) is 0.400. The fourth-order valence-corrected chi connectivity index (χ4v) is 2.65. The molecule has 0 saturated heterocycles. The second kappa shape index (κ2) is 6.55. The quantitative estimate of drug-likeness (QED) is 0.866. The van der Waals surface area contributed by atoms with E-state index >= 15 is 0 Å². The Bertz CT molecular complexity index is 699. The fourth-order valence-electron chi connectivity index (χ4n) is 2.65. The van der Waals surface area contributed by atoms with Gasteiger partial charge in [-0.3, -0.25) is 14.6 Å². The molecule has 2 amide bonds. The van der Waals surface area contributed by atoms with Crippen LogP contribution in [0.2, 0.25) is 0 Å². The highest BCUT2D eigenvalue weighted by Crippen LogP contribution is 2.15. The number of amides is 2. The molecule has 3 heterocycles. The van der Waals surface area contributed by atoms with Gasteiger partial charge in [-0.25, -0.2) is 9.97 Å². The van der Waals surface area contributed by atoms with Gasteiger partial charge in [-0.05, 0) is 0 Å². The first-order chi connectivity index (χ1) is 11.1. The van der Waals surface area contributed by atoms with Crippen molar-refractivity contribution in [2.75, 3.05) is 13.1 Å². The molecular weight excluding hydrogens is 296 g/mol. The largest absolute Gasteiger partial charge is 0.350 e. The van der Waals surface area contributed by atoms with Gasteiger partial charge in [0.15, 0.2) is 0 Å². The highest BCUT2D eigenvalue weighted by Gasteiger charge is 2.24. The number of imidazole rings is 1. The van der Waals surface area contributed by atoms with E-state index in [9.17, 15) is 9.59 Å². The van der Waals surface area contributed by atoms with Crippen LogP contribution < -0.4 is 5.32 Å². The molecule has 0 radical (unpaired) electrons. The lowest BCUT2D eigenvalue weighted by molar-refractivity contribution is -0.130. The molecule has 0 spiro atoms. The summed E-state index contributed by atoms with van der Waals surface area (Å²) in [6, 6.07) is 0. The average Bonchev–Trinajstić information content (AvgIpc) is 2.91. The zero-order valence-corrected chi connectivity index (χ0v) is 12.8. The van der Waals surface area contributed by atoms with Gasteiger partial charge in [-0.1, -0.05) is 0 Å². The number of carbonyl (C=O) groups excluding carboxylic acids is 2. The Kier molecular flexibility index (Phi) is 4.31. The van der Waals surface area contributed by atoms with E-state index in [0.717, 1.165) is 5.82 Å². The molecule has 0 aromatic carbocycles. The monoisotopic (exact) mass is 314 g/mol. The molecule has 0 fully saturated rings. The van der Waals surface area contributed by atoms with E-state index in [4.69, 9.17) is 0 Å². The van der Waals surface area contributed by atoms with Crippen molar-refractivity contribution < 1.29 is 9.59 Å². The van der Waals surface area contributed by atoms with Gasteiger partial charge in [0.2, 0.25) is 5.91 Å². The zero-order valence-electron chi connectivity index (χ0n) is 12.8. The van der Waals surface area contributed by atoms with Crippen LogP contribution >= 0.6 is 0 Å². The summed E-state index contributed by atoms with van der Waals surface area (Å²) >= 11 is 0. The Balaban J connectivity index is 1.67. The third-order valence-electron chi connectivity index (χ3n) is 3.86. The second-order valence-electron chi connectivity index (χ2n) is 5.56. The van der Waals surface area contributed by atoms with Crippen molar-refractivity contribution in [3.05, 3.63) is 42.5 Å². The van der Waals surface area contributed by atoms with Crippen molar-refractivity contribution in [2.45, 2.75) is 20.0 Å². The molecule has 2 aromatic heterocycles. The van der Waals surface area contributed by atoms with Crippen molar-refractivity contribution in [2.24, 2.45) is 5.92 Å². The van der Waals surface area contributed by atoms with Crippen molar-refractivity contribution >= 4 is 11.8 Å². The first-order valence-corrected chi connectivity index (χ1v) is 7.43. The molecule has 1 aliphatic heterocycles. The van der Waals surface area contributed by atoms with Gasteiger partial charge >= 0.3 is 0 Å². The molecule has 1 N–H and O–H groups in total. The van der Waals surface area contributed by atoms with Crippen molar-refractivity contribution in [1.82, 2.24) is 29.7 Å². The summed E-state index contributed by atoms with van der Waals surface area (Å²) in [5.41, 5.74) is 0.285. The van der Waals surface area contributed by atoms with Crippen LogP contribution in [0.15, 0.2) is 31.0 Å². The summed E-state index contributed by atoms with van der Waals surface area (Å²) in [6.45, 7) is 3.79. The van der Waals surface area contributed by atoms with Gasteiger partial charge in [-0.2, -0.15) is 0 Å². The summed E-state index contributed by atoms with van der Waals surface area (Å²) in [5.74, 6) is 0.715. The first kappa shape index (κ1) is 15.1. The highest BCUT2D eigenvalue weighted by atomic mass is 16.2. The molecule has 0 bridgehead atoms. The molecule has 1 aliphatic rings. The molecule has 120 valence electrons. The summed E-state index contributed by atoms with van der Waals surface area (Å²) in [6.07, 6.45) is 8.06. The van der Waals surface area contributed by atoms with Gasteiger partial charge in [0.05, 0.1) is 12.7 Å². The first-order valence-electron chi connectivity index (χ1n) is 7.43. The molecule has 8 nitrogen and oxygen atoms in total. The topological polar surface area (TPSA) is 93.0 Å². The third-order valence-corrected chi connectivity index (χ3v) is 3.86. The van der Waals surface area contributed by atoms with Crippen molar-refractivity contribution in [3.63, 3.8) is 0 Å². The molecule has 0 unspecified atom stereocenters. The summed E-state index contributed by atoms with van der Waals surface area (Å²) < 4.78 is 2.03. The van der Waals surface area contributed by atoms with Gasteiger partial charge in [0, 0.05) is 57.3 Å². The van der Waals surface area contributed by atoms with E-state index in [1.807, 2.05) is 10.8 Å². The van der Waals surface area contributed by atoms with E-state index in [2.05, 4.69) is 20.3 Å². The SMILES string of the molecule is CC(=O)N1Cc2nccn2C[C@H](CNC(=O)c2cnccn2)C1. The van der Waals surface area contributed by atoms with Crippen LogP contribution in [0.3, 0.4) is 0 Å². The molecule has 8 heteroatoms. The molecule has 1 atom stereocenters. The van der Waals surface area contributed by atoms with Gasteiger partial charge < -0.3 is 14.8 Å². The Morgan fingerprint density at radius 3 is 2.87 bits per heavy atom. The van der Waals surface area contributed by atoms with E-state index in [1.54, 1.807) is 18.0 Å². The molecule has 0 saturated carbocycles. The van der Waals surface area contributed by atoms with Crippen LogP contribution in [0, 0.1) is 5.92 Å². The van der Waals surface area contributed by atoms with Crippen LogP contribution in [0.5, 0.6) is 0 Å². The maximum absolute atomic E-state index is 12.1. The zero-order chi connectivity index (χ0) is 16.2. The lowest BCUT2D eigenvalue weighted by atomic mass is 10.1. The van der Waals surface area contributed by atoms with Crippen LogP contribution in [-0.2, 0) is 17.9 Å². The summed E-state index contributed by atoms with van der Waals surface area (Å²) in [4.78, 5) is 37.8. The maximum Gasteiger partial charge on any atom is 0.271 e. The Morgan fingerprint density at radius 2 is 2.13 bits per heavy atom. The predicted octanol–water partition coefficient (Wildman–Crippen LogP) is 0.0814. The number of hydrogen-bond acceptors (Lipinski definition) is 5. The van der Waals surface area contributed by atoms with E-state index in [1.165, 1.54) is 18.6 Å². The molecule has 3 rings (SSSR count). The molecule has 23 heavy (non-hydrogen) atoms. The van der Waals surface area contributed by atoms with Gasteiger partial charge in [-0.15, -0.1) is 0 Å². The average molecular weight is 314 g/mol. The predicted molar refractivity (Wildman–Crippen MR) is 81.2 cm³/mol. The van der Waals surface area contributed by atoms with Crippen LogP contribution in [0.25, 0.3) is 0 Å². The summed E-state index contributed by atoms with van der Waals surface area (Å²) in [7, 11) is 0. The standard InChI is InChI=1S/C15H18N6O2/c1-11(22)21-9-12(8-20-5-4-18-14(20)10-21)6-19-15(23)13-7-16-2-3-17-13/h2-5,7,12H,6,8-10H2,1H3,(H,19,23)/t12-/m0/s1. The smallest absolute Gasteiger partial charge is 0.271 e. The Morgan fingerprint density at radius 1 is 1.26 bits per heavy atom. The number of carbonyl (C=O) groups is 2. The Labute approximate surface area is 133 Å². The number of nitrogens with zero attached hydrogens (tertiary/aromatic N) is 5. The maximum atomic E-state index is 12.1. The van der Waals surface area contributed by atoms with E-state index < -0.39 is 0 Å². The second-order valence-corrected chi connectivity index (χ2v) is 5.56. The van der Waals surface area contributed by atoms with E-state index in [-0.39, 0.29) is 23.4 Å².